The zero-order chi connectivity index (χ0) is 15.5. The zero-order valence-electron chi connectivity index (χ0n) is 10.3. The van der Waals surface area contributed by atoms with Gasteiger partial charge in [-0.1, -0.05) is 0 Å². The van der Waals surface area contributed by atoms with Crippen LogP contribution in [0.15, 0.2) is 30.6 Å². The number of nitrogens with one attached hydrogen (secondary N) is 2. The second-order valence-electron chi connectivity index (χ2n) is 3.82. The van der Waals surface area contributed by atoms with Gasteiger partial charge in [-0.05, 0) is 18.2 Å². The van der Waals surface area contributed by atoms with Crippen molar-refractivity contribution >= 4 is 17.5 Å². The zero-order valence-corrected chi connectivity index (χ0v) is 10.3. The first-order valence-electron chi connectivity index (χ1n) is 5.54. The van der Waals surface area contributed by atoms with Crippen molar-refractivity contribution in [1.82, 2.24) is 15.2 Å². The fourth-order valence-electron chi connectivity index (χ4n) is 1.52. The maximum atomic E-state index is 12.8. The number of nitrogens with two attached hydrogens (primary N) is 1. The minimum atomic E-state index is -4.65. The third-order valence-electron chi connectivity index (χ3n) is 2.45. The fraction of sp³-hybridized carbons (Fsp3) is 0.0909. The molecule has 0 saturated carbocycles. The third-order valence-corrected chi connectivity index (χ3v) is 2.45. The van der Waals surface area contributed by atoms with Crippen molar-refractivity contribution in [1.29, 1.82) is 0 Å². The van der Waals surface area contributed by atoms with Gasteiger partial charge in [0.25, 0.3) is 5.91 Å². The van der Waals surface area contributed by atoms with Gasteiger partial charge in [-0.15, -0.1) is 5.10 Å². The second kappa shape index (κ2) is 5.71. The van der Waals surface area contributed by atoms with Gasteiger partial charge in [0.15, 0.2) is 0 Å². The van der Waals surface area contributed by atoms with Crippen LogP contribution < -0.4 is 16.6 Å². The first-order valence-corrected chi connectivity index (χ1v) is 5.54. The number of hydrogen-bond acceptors (Lipinski definition) is 6. The summed E-state index contributed by atoms with van der Waals surface area (Å²) in [6, 6.07) is 2.93. The Kier molecular flexibility index (Phi) is 3.98. The summed E-state index contributed by atoms with van der Waals surface area (Å²) < 4.78 is 38.5. The summed E-state index contributed by atoms with van der Waals surface area (Å²) in [6.07, 6.45) is -2.08. The summed E-state index contributed by atoms with van der Waals surface area (Å²) in [5.74, 6) is 4.11. The van der Waals surface area contributed by atoms with Crippen LogP contribution in [0.1, 0.15) is 15.9 Å². The Bertz CT molecular complexity index is 646. The highest BCUT2D eigenvalue weighted by Gasteiger charge is 2.34. The van der Waals surface area contributed by atoms with Gasteiger partial charge in [-0.25, -0.2) is 4.98 Å². The lowest BCUT2D eigenvalue weighted by Gasteiger charge is -2.13. The quantitative estimate of drug-likeness (QED) is 0.584. The predicted molar refractivity (Wildman–Crippen MR) is 67.0 cm³/mol. The minimum absolute atomic E-state index is 0.114. The molecular weight excluding hydrogens is 289 g/mol. The molecule has 0 atom stereocenters. The molecule has 0 fully saturated rings. The summed E-state index contributed by atoms with van der Waals surface area (Å²) in [5, 5.41) is 9.22. The van der Waals surface area contributed by atoms with E-state index in [2.05, 4.69) is 20.5 Å². The molecule has 1 amide bonds. The Morgan fingerprint density at radius 3 is 2.57 bits per heavy atom. The highest BCUT2D eigenvalue weighted by Crippen LogP contribution is 2.35. The molecule has 0 radical (unpaired) electrons. The number of alkyl halides is 3. The molecule has 0 bridgehead atoms. The molecule has 0 spiro atoms. The standard InChI is InChI=1S/C11H9F3N6O/c12-11(13,14)7-5-6(1-2-8(7)19-15)9(21)18-10-16-3-4-17-20-10/h1-5,19H,15H2,(H,16,18,20,21). The van der Waals surface area contributed by atoms with Crippen molar-refractivity contribution in [3.05, 3.63) is 41.7 Å². The van der Waals surface area contributed by atoms with Crippen LogP contribution in [-0.4, -0.2) is 21.1 Å². The van der Waals surface area contributed by atoms with Gasteiger partial charge in [-0.2, -0.15) is 18.3 Å². The SMILES string of the molecule is NNc1ccc(C(=O)Nc2nccnn2)cc1C(F)(F)F. The first-order chi connectivity index (χ1) is 9.91. The van der Waals surface area contributed by atoms with Crippen molar-refractivity contribution in [3.63, 3.8) is 0 Å². The number of carbonyl (C=O) groups excluding carboxylic acids is 1. The molecule has 10 heteroatoms. The summed E-state index contributed by atoms with van der Waals surface area (Å²) in [5.41, 5.74) is 0.330. The molecule has 0 unspecified atom stereocenters. The van der Waals surface area contributed by atoms with Crippen LogP contribution in [0.25, 0.3) is 0 Å². The normalized spacial score (nSPS) is 11.0. The molecule has 7 nitrogen and oxygen atoms in total. The molecular formula is C11H9F3N6O. The van der Waals surface area contributed by atoms with Crippen molar-refractivity contribution in [3.8, 4) is 0 Å². The number of amides is 1. The molecule has 110 valence electrons. The molecule has 4 N–H and O–H groups in total. The van der Waals surface area contributed by atoms with Crippen molar-refractivity contribution in [2.24, 2.45) is 5.84 Å². The van der Waals surface area contributed by atoms with Gasteiger partial charge in [0.05, 0.1) is 23.6 Å². The second-order valence-corrected chi connectivity index (χ2v) is 3.82. The molecule has 1 heterocycles. The number of halogens is 3. The smallest absolute Gasteiger partial charge is 0.324 e. The van der Waals surface area contributed by atoms with Gasteiger partial charge < -0.3 is 5.43 Å². The summed E-state index contributed by atoms with van der Waals surface area (Å²) in [4.78, 5) is 15.5. The average Bonchev–Trinajstić information content (AvgIpc) is 2.46. The molecule has 1 aromatic heterocycles. The summed E-state index contributed by atoms with van der Waals surface area (Å²) in [7, 11) is 0. The molecule has 1 aromatic carbocycles. The monoisotopic (exact) mass is 298 g/mol. The highest BCUT2D eigenvalue weighted by atomic mass is 19.4. The van der Waals surface area contributed by atoms with E-state index in [0.717, 1.165) is 6.07 Å². The Hall–Kier alpha value is -2.75. The van der Waals surface area contributed by atoms with E-state index in [-0.39, 0.29) is 17.2 Å². The molecule has 0 aliphatic rings. The number of benzene rings is 1. The van der Waals surface area contributed by atoms with Crippen LogP contribution in [0.2, 0.25) is 0 Å². The predicted octanol–water partition coefficient (Wildman–Crippen LogP) is 1.43. The van der Waals surface area contributed by atoms with Crippen LogP contribution in [0.3, 0.4) is 0 Å². The number of carbonyl (C=O) groups is 1. The number of hydrogen-bond donors (Lipinski definition) is 3. The summed E-state index contributed by atoms with van der Waals surface area (Å²) >= 11 is 0. The lowest BCUT2D eigenvalue weighted by Crippen LogP contribution is -2.18. The minimum Gasteiger partial charge on any atom is -0.324 e. The molecule has 2 aromatic rings. The van der Waals surface area contributed by atoms with Crippen molar-refractivity contribution in [2.75, 3.05) is 10.7 Å². The average molecular weight is 298 g/mol. The van der Waals surface area contributed by atoms with Crippen LogP contribution in [-0.2, 0) is 6.18 Å². The van der Waals surface area contributed by atoms with E-state index < -0.39 is 17.6 Å². The van der Waals surface area contributed by atoms with Crippen LogP contribution in [0, 0.1) is 0 Å². The molecule has 0 saturated heterocycles. The lowest BCUT2D eigenvalue weighted by molar-refractivity contribution is -0.137. The van der Waals surface area contributed by atoms with Gasteiger partial charge in [0.2, 0.25) is 5.95 Å². The molecule has 0 aliphatic carbocycles. The van der Waals surface area contributed by atoms with Crippen LogP contribution in [0.5, 0.6) is 0 Å². The number of aromatic nitrogens is 3. The Labute approximate surface area is 116 Å². The fourth-order valence-corrected chi connectivity index (χ4v) is 1.52. The van der Waals surface area contributed by atoms with Gasteiger partial charge >= 0.3 is 6.18 Å². The summed E-state index contributed by atoms with van der Waals surface area (Å²) in [6.45, 7) is 0. The van der Waals surface area contributed by atoms with Crippen LogP contribution in [0.4, 0.5) is 24.8 Å². The lowest BCUT2D eigenvalue weighted by atomic mass is 10.1. The van der Waals surface area contributed by atoms with Crippen LogP contribution >= 0.6 is 0 Å². The third kappa shape index (κ3) is 3.42. The van der Waals surface area contributed by atoms with Gasteiger partial charge in [0, 0.05) is 5.56 Å². The number of nitrogen functional groups attached to an aromatic ring is 1. The van der Waals surface area contributed by atoms with Gasteiger partial charge in [0.1, 0.15) is 0 Å². The number of hydrazine groups is 1. The van der Waals surface area contributed by atoms with E-state index in [9.17, 15) is 18.0 Å². The van der Waals surface area contributed by atoms with Crippen molar-refractivity contribution in [2.45, 2.75) is 6.18 Å². The van der Waals surface area contributed by atoms with E-state index in [0.29, 0.717) is 6.07 Å². The first kappa shape index (κ1) is 14.7. The van der Waals surface area contributed by atoms with E-state index in [1.54, 1.807) is 0 Å². The molecule has 0 aliphatic heterocycles. The number of anilines is 2. The maximum absolute atomic E-state index is 12.8. The Morgan fingerprint density at radius 2 is 2.00 bits per heavy atom. The number of rotatable bonds is 3. The van der Waals surface area contributed by atoms with Gasteiger partial charge in [-0.3, -0.25) is 16.0 Å². The van der Waals surface area contributed by atoms with Crippen molar-refractivity contribution < 1.29 is 18.0 Å². The topological polar surface area (TPSA) is 106 Å². The number of nitrogens with zero attached hydrogens (tertiary/aromatic N) is 3. The Balaban J connectivity index is 2.30. The van der Waals surface area contributed by atoms with E-state index in [1.807, 2.05) is 5.43 Å². The van der Waals surface area contributed by atoms with E-state index >= 15 is 0 Å². The largest absolute Gasteiger partial charge is 0.418 e. The van der Waals surface area contributed by atoms with E-state index in [1.165, 1.54) is 18.5 Å². The molecule has 2 rings (SSSR count). The maximum Gasteiger partial charge on any atom is 0.418 e. The highest BCUT2D eigenvalue weighted by molar-refractivity contribution is 6.03. The van der Waals surface area contributed by atoms with E-state index in [4.69, 9.17) is 5.84 Å². The molecule has 21 heavy (non-hydrogen) atoms. The Morgan fingerprint density at radius 1 is 1.24 bits per heavy atom.